The van der Waals surface area contributed by atoms with Crippen molar-refractivity contribution >= 4 is 11.9 Å². The third kappa shape index (κ3) is 4.89. The van der Waals surface area contributed by atoms with Crippen molar-refractivity contribution in [3.8, 4) is 5.75 Å². The van der Waals surface area contributed by atoms with Gasteiger partial charge in [-0.3, -0.25) is 9.59 Å². The fraction of sp³-hybridized carbons (Fsp3) is 0.429. The quantitative estimate of drug-likeness (QED) is 0.702. The van der Waals surface area contributed by atoms with E-state index in [2.05, 4.69) is 5.32 Å². The molecule has 0 aliphatic rings. The molecule has 6 heteroatoms. The van der Waals surface area contributed by atoms with Crippen LogP contribution in [0.3, 0.4) is 0 Å². The Morgan fingerprint density at radius 3 is 2.65 bits per heavy atom. The van der Waals surface area contributed by atoms with Crippen LogP contribution in [-0.4, -0.2) is 42.8 Å². The normalized spacial score (nSPS) is 11.7. The lowest BCUT2D eigenvalue weighted by Gasteiger charge is -2.13. The molecule has 110 valence electrons. The van der Waals surface area contributed by atoms with E-state index in [4.69, 9.17) is 14.6 Å². The van der Waals surface area contributed by atoms with Gasteiger partial charge in [-0.05, 0) is 26.0 Å². The second kappa shape index (κ2) is 8.16. The number of carbonyl (C=O) groups excluding carboxylic acids is 1. The predicted molar refractivity (Wildman–Crippen MR) is 73.0 cm³/mol. The molecule has 0 saturated heterocycles. The first-order chi connectivity index (χ1) is 9.56. The fourth-order valence-electron chi connectivity index (χ4n) is 1.47. The van der Waals surface area contributed by atoms with Crippen LogP contribution in [0.2, 0.25) is 0 Å². The molecular formula is C14H19NO5. The first-order valence-electron chi connectivity index (χ1n) is 6.39. The number of rotatable bonds is 8. The summed E-state index contributed by atoms with van der Waals surface area (Å²) in [7, 11) is 0. The molecule has 1 atom stereocenters. The second-order valence-electron chi connectivity index (χ2n) is 4.07. The molecule has 0 fully saturated rings. The van der Waals surface area contributed by atoms with Crippen LogP contribution in [0.1, 0.15) is 24.2 Å². The van der Waals surface area contributed by atoms with Crippen LogP contribution in [0.5, 0.6) is 5.75 Å². The van der Waals surface area contributed by atoms with E-state index in [1.165, 1.54) is 6.92 Å². The Hall–Kier alpha value is -2.08. The number of para-hydroxylation sites is 1. The Morgan fingerprint density at radius 2 is 2.00 bits per heavy atom. The number of carboxylic acids is 1. The van der Waals surface area contributed by atoms with Crippen LogP contribution >= 0.6 is 0 Å². The molecule has 0 bridgehead atoms. The highest BCUT2D eigenvalue weighted by atomic mass is 16.5. The van der Waals surface area contributed by atoms with Crippen molar-refractivity contribution in [2.24, 2.45) is 0 Å². The van der Waals surface area contributed by atoms with Crippen molar-refractivity contribution in [3.63, 3.8) is 0 Å². The van der Waals surface area contributed by atoms with Gasteiger partial charge in [0.25, 0.3) is 5.91 Å². The molecule has 0 spiro atoms. The smallest absolute Gasteiger partial charge is 0.325 e. The Labute approximate surface area is 117 Å². The molecule has 0 aromatic heterocycles. The molecule has 0 saturated carbocycles. The van der Waals surface area contributed by atoms with Gasteiger partial charge < -0.3 is 19.9 Å². The van der Waals surface area contributed by atoms with E-state index < -0.39 is 17.9 Å². The summed E-state index contributed by atoms with van der Waals surface area (Å²) in [5.41, 5.74) is 0.303. The summed E-state index contributed by atoms with van der Waals surface area (Å²) in [5.74, 6) is -1.16. The molecule has 1 aromatic carbocycles. The van der Waals surface area contributed by atoms with Crippen molar-refractivity contribution < 1.29 is 24.2 Å². The van der Waals surface area contributed by atoms with E-state index in [-0.39, 0.29) is 0 Å². The summed E-state index contributed by atoms with van der Waals surface area (Å²) >= 11 is 0. The highest BCUT2D eigenvalue weighted by Crippen LogP contribution is 2.17. The predicted octanol–water partition coefficient (Wildman–Crippen LogP) is 1.30. The van der Waals surface area contributed by atoms with E-state index in [1.54, 1.807) is 24.3 Å². The Bertz CT molecular complexity index is 461. The van der Waals surface area contributed by atoms with E-state index in [0.29, 0.717) is 31.1 Å². The fourth-order valence-corrected chi connectivity index (χ4v) is 1.47. The number of carbonyl (C=O) groups is 2. The summed E-state index contributed by atoms with van der Waals surface area (Å²) in [6.45, 7) is 4.64. The lowest BCUT2D eigenvalue weighted by atomic mass is 10.1. The zero-order valence-electron chi connectivity index (χ0n) is 11.6. The molecule has 1 unspecified atom stereocenters. The van der Waals surface area contributed by atoms with Crippen LogP contribution in [0.25, 0.3) is 0 Å². The highest BCUT2D eigenvalue weighted by molar-refractivity contribution is 5.98. The lowest BCUT2D eigenvalue weighted by molar-refractivity contribution is -0.138. The molecule has 0 aliphatic heterocycles. The average molecular weight is 281 g/mol. The van der Waals surface area contributed by atoms with Crippen molar-refractivity contribution in [1.82, 2.24) is 5.32 Å². The monoisotopic (exact) mass is 281 g/mol. The first kappa shape index (κ1) is 16.0. The van der Waals surface area contributed by atoms with Crippen LogP contribution in [-0.2, 0) is 9.53 Å². The number of aliphatic carboxylic acids is 1. The third-order valence-electron chi connectivity index (χ3n) is 2.54. The summed E-state index contributed by atoms with van der Waals surface area (Å²) in [5, 5.41) is 11.2. The number of nitrogens with one attached hydrogen (secondary N) is 1. The molecule has 2 N–H and O–H groups in total. The number of hydrogen-bond acceptors (Lipinski definition) is 4. The van der Waals surface area contributed by atoms with Crippen molar-refractivity contribution in [3.05, 3.63) is 29.8 Å². The highest BCUT2D eigenvalue weighted by Gasteiger charge is 2.18. The number of ether oxygens (including phenoxy) is 2. The Morgan fingerprint density at radius 1 is 1.30 bits per heavy atom. The maximum absolute atomic E-state index is 12.0. The molecule has 0 heterocycles. The van der Waals surface area contributed by atoms with Gasteiger partial charge in [-0.15, -0.1) is 0 Å². The van der Waals surface area contributed by atoms with Gasteiger partial charge in [0.1, 0.15) is 18.4 Å². The molecule has 0 aliphatic carbocycles. The molecule has 1 amide bonds. The molecular weight excluding hydrogens is 262 g/mol. The Kier molecular flexibility index (Phi) is 6.52. The summed E-state index contributed by atoms with van der Waals surface area (Å²) in [4.78, 5) is 22.7. The van der Waals surface area contributed by atoms with E-state index in [1.807, 2.05) is 6.92 Å². The number of benzene rings is 1. The average Bonchev–Trinajstić information content (AvgIpc) is 2.43. The minimum absolute atomic E-state index is 0.303. The Balaban J connectivity index is 2.69. The number of carboxylic acid groups (broad SMARTS) is 1. The zero-order chi connectivity index (χ0) is 15.0. The zero-order valence-corrected chi connectivity index (χ0v) is 11.6. The van der Waals surface area contributed by atoms with Gasteiger partial charge >= 0.3 is 5.97 Å². The SMILES string of the molecule is CCOCCOc1ccccc1C(=O)NC(C)C(=O)O. The van der Waals surface area contributed by atoms with E-state index >= 15 is 0 Å². The van der Waals surface area contributed by atoms with E-state index in [9.17, 15) is 9.59 Å². The molecule has 20 heavy (non-hydrogen) atoms. The van der Waals surface area contributed by atoms with Gasteiger partial charge in [0.2, 0.25) is 0 Å². The third-order valence-corrected chi connectivity index (χ3v) is 2.54. The summed E-state index contributed by atoms with van der Waals surface area (Å²) in [6, 6.07) is 5.72. The van der Waals surface area contributed by atoms with Gasteiger partial charge in [0, 0.05) is 6.61 Å². The maximum Gasteiger partial charge on any atom is 0.325 e. The summed E-state index contributed by atoms with van der Waals surface area (Å²) in [6.07, 6.45) is 0. The second-order valence-corrected chi connectivity index (χ2v) is 4.07. The largest absolute Gasteiger partial charge is 0.490 e. The number of hydrogen-bond donors (Lipinski definition) is 2. The topological polar surface area (TPSA) is 84.9 Å². The minimum Gasteiger partial charge on any atom is -0.490 e. The molecule has 0 radical (unpaired) electrons. The number of amides is 1. The van der Waals surface area contributed by atoms with E-state index in [0.717, 1.165) is 0 Å². The van der Waals surface area contributed by atoms with Crippen molar-refractivity contribution in [2.45, 2.75) is 19.9 Å². The van der Waals surface area contributed by atoms with Crippen molar-refractivity contribution in [1.29, 1.82) is 0 Å². The van der Waals surface area contributed by atoms with Gasteiger partial charge in [0.05, 0.1) is 12.2 Å². The lowest BCUT2D eigenvalue weighted by Crippen LogP contribution is -2.38. The maximum atomic E-state index is 12.0. The van der Waals surface area contributed by atoms with Crippen LogP contribution in [0.15, 0.2) is 24.3 Å². The minimum atomic E-state index is -1.09. The van der Waals surface area contributed by atoms with Crippen LogP contribution in [0.4, 0.5) is 0 Å². The molecule has 6 nitrogen and oxygen atoms in total. The van der Waals surface area contributed by atoms with Crippen LogP contribution in [0, 0.1) is 0 Å². The van der Waals surface area contributed by atoms with Crippen LogP contribution < -0.4 is 10.1 Å². The standard InChI is InChI=1S/C14H19NO5/c1-3-19-8-9-20-12-7-5-4-6-11(12)13(16)15-10(2)14(17)18/h4-7,10H,3,8-9H2,1-2H3,(H,15,16)(H,17,18). The molecule has 1 rings (SSSR count). The molecule has 1 aromatic rings. The first-order valence-corrected chi connectivity index (χ1v) is 6.39. The van der Waals surface area contributed by atoms with Crippen molar-refractivity contribution in [2.75, 3.05) is 19.8 Å². The summed E-state index contributed by atoms with van der Waals surface area (Å²) < 4.78 is 10.6. The van der Waals surface area contributed by atoms with Gasteiger partial charge in [-0.25, -0.2) is 0 Å². The van der Waals surface area contributed by atoms with Gasteiger partial charge in [-0.2, -0.15) is 0 Å². The van der Waals surface area contributed by atoms with Gasteiger partial charge in [-0.1, -0.05) is 12.1 Å². The van der Waals surface area contributed by atoms with Gasteiger partial charge in [0.15, 0.2) is 0 Å².